The first-order valence-corrected chi connectivity index (χ1v) is 5.92. The van der Waals surface area contributed by atoms with Crippen molar-refractivity contribution < 1.29 is 4.39 Å². The highest BCUT2D eigenvalue weighted by atomic mass is 19.1. The van der Waals surface area contributed by atoms with E-state index < -0.39 is 0 Å². The van der Waals surface area contributed by atoms with Crippen LogP contribution in [0.25, 0.3) is 0 Å². The standard InChI is InChI=1S/C14H16FN3/c1-3-16-14-9-11(6-7-17-14)18-13-5-4-10(2)8-12(13)15/h4-9H,3H2,1-2H3,(H2,16,17,18). The van der Waals surface area contributed by atoms with E-state index in [0.717, 1.165) is 23.6 Å². The number of halogens is 1. The second-order valence-corrected chi connectivity index (χ2v) is 4.07. The summed E-state index contributed by atoms with van der Waals surface area (Å²) in [5, 5.41) is 6.16. The van der Waals surface area contributed by atoms with Crippen LogP contribution in [0.2, 0.25) is 0 Å². The van der Waals surface area contributed by atoms with Gasteiger partial charge in [0.25, 0.3) is 0 Å². The van der Waals surface area contributed by atoms with Gasteiger partial charge in [-0.25, -0.2) is 9.37 Å². The third-order valence-electron chi connectivity index (χ3n) is 2.52. The van der Waals surface area contributed by atoms with Crippen molar-refractivity contribution in [1.29, 1.82) is 0 Å². The molecule has 1 aromatic carbocycles. The van der Waals surface area contributed by atoms with Gasteiger partial charge in [0.2, 0.25) is 0 Å². The lowest BCUT2D eigenvalue weighted by atomic mass is 10.2. The molecule has 0 fully saturated rings. The summed E-state index contributed by atoms with van der Waals surface area (Å²) >= 11 is 0. The molecular formula is C14H16FN3. The number of nitrogens with one attached hydrogen (secondary N) is 2. The van der Waals surface area contributed by atoms with Crippen molar-refractivity contribution in [2.75, 3.05) is 17.2 Å². The SMILES string of the molecule is CCNc1cc(Nc2ccc(C)cc2F)ccn1. The summed E-state index contributed by atoms with van der Waals surface area (Å²) in [6.07, 6.45) is 1.69. The molecule has 2 aromatic rings. The average Bonchev–Trinajstić information content (AvgIpc) is 2.34. The van der Waals surface area contributed by atoms with Gasteiger partial charge in [0.1, 0.15) is 11.6 Å². The number of nitrogens with zero attached hydrogens (tertiary/aromatic N) is 1. The number of anilines is 3. The summed E-state index contributed by atoms with van der Waals surface area (Å²) in [6, 6.07) is 8.77. The van der Waals surface area contributed by atoms with E-state index in [1.807, 2.05) is 26.0 Å². The lowest BCUT2D eigenvalue weighted by molar-refractivity contribution is 0.631. The summed E-state index contributed by atoms with van der Waals surface area (Å²) < 4.78 is 13.7. The van der Waals surface area contributed by atoms with E-state index in [9.17, 15) is 4.39 Å². The van der Waals surface area contributed by atoms with Crippen LogP contribution in [0.5, 0.6) is 0 Å². The van der Waals surface area contributed by atoms with E-state index in [1.54, 1.807) is 18.3 Å². The minimum Gasteiger partial charge on any atom is -0.370 e. The Kier molecular flexibility index (Phi) is 3.77. The Bertz CT molecular complexity index is 540. The molecule has 0 atom stereocenters. The number of aromatic nitrogens is 1. The van der Waals surface area contributed by atoms with Crippen LogP contribution < -0.4 is 10.6 Å². The third kappa shape index (κ3) is 2.97. The number of pyridine rings is 1. The largest absolute Gasteiger partial charge is 0.370 e. The van der Waals surface area contributed by atoms with Crippen LogP contribution in [0, 0.1) is 12.7 Å². The molecule has 94 valence electrons. The van der Waals surface area contributed by atoms with E-state index >= 15 is 0 Å². The zero-order valence-corrected chi connectivity index (χ0v) is 10.5. The number of aryl methyl sites for hydroxylation is 1. The predicted octanol–water partition coefficient (Wildman–Crippen LogP) is 3.70. The molecule has 0 aliphatic carbocycles. The van der Waals surface area contributed by atoms with Gasteiger partial charge in [0.05, 0.1) is 5.69 Å². The van der Waals surface area contributed by atoms with Crippen molar-refractivity contribution in [3.05, 3.63) is 47.9 Å². The molecule has 0 unspecified atom stereocenters. The second kappa shape index (κ2) is 5.49. The topological polar surface area (TPSA) is 37.0 Å². The minimum absolute atomic E-state index is 0.253. The van der Waals surface area contributed by atoms with Crippen molar-refractivity contribution in [2.24, 2.45) is 0 Å². The molecule has 1 heterocycles. The Hall–Kier alpha value is -2.10. The first-order valence-electron chi connectivity index (χ1n) is 5.92. The van der Waals surface area contributed by atoms with Crippen LogP contribution in [0.4, 0.5) is 21.6 Å². The minimum atomic E-state index is -0.253. The molecule has 0 aliphatic rings. The van der Waals surface area contributed by atoms with Crippen molar-refractivity contribution in [3.8, 4) is 0 Å². The highest BCUT2D eigenvalue weighted by Gasteiger charge is 2.03. The van der Waals surface area contributed by atoms with Gasteiger partial charge in [-0.2, -0.15) is 0 Å². The summed E-state index contributed by atoms with van der Waals surface area (Å²) in [7, 11) is 0. The van der Waals surface area contributed by atoms with Crippen molar-refractivity contribution >= 4 is 17.2 Å². The first-order chi connectivity index (χ1) is 8.69. The Morgan fingerprint density at radius 3 is 2.78 bits per heavy atom. The van der Waals surface area contributed by atoms with Crippen LogP contribution in [-0.4, -0.2) is 11.5 Å². The van der Waals surface area contributed by atoms with Gasteiger partial charge in [-0.15, -0.1) is 0 Å². The highest BCUT2D eigenvalue weighted by molar-refractivity contribution is 5.63. The molecular weight excluding hydrogens is 229 g/mol. The van der Waals surface area contributed by atoms with Crippen molar-refractivity contribution in [1.82, 2.24) is 4.98 Å². The number of hydrogen-bond acceptors (Lipinski definition) is 3. The van der Waals surface area contributed by atoms with Gasteiger partial charge >= 0.3 is 0 Å². The van der Waals surface area contributed by atoms with Gasteiger partial charge in [0, 0.05) is 24.5 Å². The first kappa shape index (κ1) is 12.4. The predicted molar refractivity (Wildman–Crippen MR) is 72.8 cm³/mol. The monoisotopic (exact) mass is 245 g/mol. The van der Waals surface area contributed by atoms with Gasteiger partial charge in [-0.3, -0.25) is 0 Å². The van der Waals surface area contributed by atoms with Crippen LogP contribution in [0.15, 0.2) is 36.5 Å². The van der Waals surface area contributed by atoms with E-state index in [-0.39, 0.29) is 5.82 Å². The van der Waals surface area contributed by atoms with E-state index in [2.05, 4.69) is 15.6 Å². The second-order valence-electron chi connectivity index (χ2n) is 4.07. The van der Waals surface area contributed by atoms with Crippen LogP contribution in [-0.2, 0) is 0 Å². The van der Waals surface area contributed by atoms with Gasteiger partial charge in [-0.1, -0.05) is 6.07 Å². The molecule has 0 aliphatic heterocycles. The maximum atomic E-state index is 13.7. The Labute approximate surface area is 106 Å². The molecule has 1 aromatic heterocycles. The number of hydrogen-bond donors (Lipinski definition) is 2. The molecule has 4 heteroatoms. The van der Waals surface area contributed by atoms with Crippen LogP contribution >= 0.6 is 0 Å². The third-order valence-corrected chi connectivity index (χ3v) is 2.52. The van der Waals surface area contributed by atoms with E-state index in [0.29, 0.717) is 5.69 Å². The molecule has 18 heavy (non-hydrogen) atoms. The fourth-order valence-electron chi connectivity index (χ4n) is 1.66. The van der Waals surface area contributed by atoms with E-state index in [4.69, 9.17) is 0 Å². The molecule has 2 rings (SSSR count). The number of rotatable bonds is 4. The normalized spacial score (nSPS) is 10.2. The summed E-state index contributed by atoms with van der Waals surface area (Å²) in [5.41, 5.74) is 2.18. The van der Waals surface area contributed by atoms with Crippen LogP contribution in [0.3, 0.4) is 0 Å². The van der Waals surface area contributed by atoms with Crippen molar-refractivity contribution in [3.63, 3.8) is 0 Å². The molecule has 3 nitrogen and oxygen atoms in total. The average molecular weight is 245 g/mol. The summed E-state index contributed by atoms with van der Waals surface area (Å²) in [6.45, 7) is 4.67. The maximum Gasteiger partial charge on any atom is 0.146 e. The lowest BCUT2D eigenvalue weighted by Gasteiger charge is -2.09. The molecule has 0 radical (unpaired) electrons. The maximum absolute atomic E-state index is 13.7. The molecule has 0 bridgehead atoms. The van der Waals surface area contributed by atoms with Crippen LogP contribution in [0.1, 0.15) is 12.5 Å². The Morgan fingerprint density at radius 1 is 1.22 bits per heavy atom. The Morgan fingerprint density at radius 2 is 2.06 bits per heavy atom. The van der Waals surface area contributed by atoms with E-state index in [1.165, 1.54) is 6.07 Å². The molecule has 2 N–H and O–H groups in total. The van der Waals surface area contributed by atoms with Gasteiger partial charge < -0.3 is 10.6 Å². The zero-order valence-electron chi connectivity index (χ0n) is 10.5. The quantitative estimate of drug-likeness (QED) is 0.862. The lowest BCUT2D eigenvalue weighted by Crippen LogP contribution is -2.00. The summed E-state index contributed by atoms with van der Waals surface area (Å²) in [4.78, 5) is 4.16. The zero-order chi connectivity index (χ0) is 13.0. The fraction of sp³-hybridized carbons (Fsp3) is 0.214. The highest BCUT2D eigenvalue weighted by Crippen LogP contribution is 2.21. The molecule has 0 amide bonds. The molecule has 0 saturated heterocycles. The van der Waals surface area contributed by atoms with Crippen molar-refractivity contribution in [2.45, 2.75) is 13.8 Å². The molecule has 0 spiro atoms. The summed E-state index contributed by atoms with van der Waals surface area (Å²) in [5.74, 6) is 0.520. The Balaban J connectivity index is 2.20. The van der Waals surface area contributed by atoms with Gasteiger partial charge in [-0.05, 0) is 37.6 Å². The number of benzene rings is 1. The fourth-order valence-corrected chi connectivity index (χ4v) is 1.66. The smallest absolute Gasteiger partial charge is 0.146 e. The van der Waals surface area contributed by atoms with Gasteiger partial charge in [0.15, 0.2) is 0 Å². The molecule has 0 saturated carbocycles.